The molecule has 0 radical (unpaired) electrons. The van der Waals surface area contributed by atoms with E-state index in [1.807, 2.05) is 39.9 Å². The summed E-state index contributed by atoms with van der Waals surface area (Å²) in [5.41, 5.74) is 4.54. The van der Waals surface area contributed by atoms with E-state index in [-0.39, 0.29) is 5.91 Å². The van der Waals surface area contributed by atoms with Crippen LogP contribution in [0.5, 0.6) is 0 Å². The van der Waals surface area contributed by atoms with Gasteiger partial charge in [-0.15, -0.1) is 0 Å². The zero-order valence-corrected chi connectivity index (χ0v) is 16.1. The number of ether oxygens (including phenoxy) is 1. The minimum Gasteiger partial charge on any atom is -0.378 e. The van der Waals surface area contributed by atoms with Gasteiger partial charge in [0.15, 0.2) is 5.69 Å². The summed E-state index contributed by atoms with van der Waals surface area (Å²) in [6.45, 7) is 3.63. The number of rotatable bonds is 5. The van der Waals surface area contributed by atoms with E-state index < -0.39 is 0 Å². The maximum Gasteiger partial charge on any atom is 0.274 e. The van der Waals surface area contributed by atoms with Crippen LogP contribution in [0.1, 0.15) is 21.7 Å². The standard InChI is InChI=1S/C22H23N5O2/c28-22(26-10-12-29-13-11-26)21-19(27-9-2-1-6-20(27)25-21)15-23-14-16-4-3-5-18-17(16)7-8-24-18/h1-9,23-24H,10-15H2. The summed E-state index contributed by atoms with van der Waals surface area (Å²) in [6.07, 6.45) is 3.92. The minimum absolute atomic E-state index is 0.0264. The van der Waals surface area contributed by atoms with Crippen molar-refractivity contribution in [1.82, 2.24) is 24.6 Å². The Bertz CT molecular complexity index is 1160. The molecule has 1 fully saturated rings. The molecule has 1 saturated heterocycles. The van der Waals surface area contributed by atoms with Gasteiger partial charge in [-0.1, -0.05) is 18.2 Å². The van der Waals surface area contributed by atoms with E-state index in [1.54, 1.807) is 0 Å². The number of carbonyl (C=O) groups is 1. The highest BCUT2D eigenvalue weighted by atomic mass is 16.5. The van der Waals surface area contributed by atoms with Gasteiger partial charge in [-0.3, -0.25) is 4.79 Å². The zero-order chi connectivity index (χ0) is 19.6. The van der Waals surface area contributed by atoms with Gasteiger partial charge in [0.25, 0.3) is 5.91 Å². The van der Waals surface area contributed by atoms with Crippen LogP contribution in [0.2, 0.25) is 0 Å². The maximum absolute atomic E-state index is 13.1. The van der Waals surface area contributed by atoms with Crippen LogP contribution in [0, 0.1) is 0 Å². The maximum atomic E-state index is 13.1. The first-order chi connectivity index (χ1) is 14.3. The number of fused-ring (bicyclic) bond motifs is 2. The molecule has 4 heterocycles. The quantitative estimate of drug-likeness (QED) is 0.550. The Hall–Kier alpha value is -3.16. The second-order valence-corrected chi connectivity index (χ2v) is 7.20. The number of nitrogens with zero attached hydrogens (tertiary/aromatic N) is 3. The van der Waals surface area contributed by atoms with Gasteiger partial charge >= 0.3 is 0 Å². The molecule has 1 aromatic carbocycles. The number of pyridine rings is 1. The van der Waals surface area contributed by atoms with Crippen molar-refractivity contribution in [2.24, 2.45) is 0 Å². The molecule has 0 saturated carbocycles. The molecule has 148 valence electrons. The van der Waals surface area contributed by atoms with Gasteiger partial charge in [0.1, 0.15) is 5.65 Å². The Kier molecular flexibility index (Phi) is 4.75. The number of aromatic nitrogens is 3. The van der Waals surface area contributed by atoms with E-state index in [2.05, 4.69) is 39.6 Å². The molecule has 7 heteroatoms. The number of benzene rings is 1. The fourth-order valence-electron chi connectivity index (χ4n) is 3.92. The number of aromatic amines is 1. The Labute approximate surface area is 168 Å². The predicted molar refractivity (Wildman–Crippen MR) is 111 cm³/mol. The predicted octanol–water partition coefficient (Wildman–Crippen LogP) is 2.58. The lowest BCUT2D eigenvalue weighted by Crippen LogP contribution is -2.41. The molecular weight excluding hydrogens is 366 g/mol. The molecule has 4 aromatic rings. The average molecular weight is 389 g/mol. The first-order valence-electron chi connectivity index (χ1n) is 9.90. The summed E-state index contributed by atoms with van der Waals surface area (Å²) in [6, 6.07) is 14.2. The molecular formula is C22H23N5O2. The number of nitrogens with one attached hydrogen (secondary N) is 2. The topological polar surface area (TPSA) is 74.7 Å². The largest absolute Gasteiger partial charge is 0.378 e. The van der Waals surface area contributed by atoms with Crippen molar-refractivity contribution in [3.8, 4) is 0 Å². The van der Waals surface area contributed by atoms with Gasteiger partial charge in [0.05, 0.1) is 18.9 Å². The molecule has 0 aliphatic carbocycles. The summed E-state index contributed by atoms with van der Waals surface area (Å²) < 4.78 is 7.38. The zero-order valence-electron chi connectivity index (χ0n) is 16.1. The van der Waals surface area contributed by atoms with E-state index in [4.69, 9.17) is 4.74 Å². The van der Waals surface area contributed by atoms with E-state index in [0.717, 1.165) is 16.9 Å². The van der Waals surface area contributed by atoms with Crippen LogP contribution in [0.4, 0.5) is 0 Å². The lowest BCUT2D eigenvalue weighted by atomic mass is 10.1. The number of morpholine rings is 1. The Morgan fingerprint density at radius 3 is 2.90 bits per heavy atom. The summed E-state index contributed by atoms with van der Waals surface area (Å²) in [5.74, 6) is -0.0264. The van der Waals surface area contributed by atoms with E-state index in [9.17, 15) is 4.79 Å². The normalized spacial score (nSPS) is 14.7. The van der Waals surface area contributed by atoms with Crippen LogP contribution in [-0.4, -0.2) is 51.5 Å². The number of carbonyl (C=O) groups excluding carboxylic acids is 1. The highest BCUT2D eigenvalue weighted by Gasteiger charge is 2.25. The Morgan fingerprint density at radius 2 is 2.00 bits per heavy atom. The van der Waals surface area contributed by atoms with Gasteiger partial charge in [0.2, 0.25) is 0 Å². The third kappa shape index (κ3) is 3.39. The molecule has 5 rings (SSSR count). The molecule has 29 heavy (non-hydrogen) atoms. The second kappa shape index (κ2) is 7.69. The van der Waals surface area contributed by atoms with Crippen LogP contribution in [0.15, 0.2) is 54.9 Å². The average Bonchev–Trinajstić information content (AvgIpc) is 3.39. The number of hydrogen-bond acceptors (Lipinski definition) is 4. The van der Waals surface area contributed by atoms with E-state index in [1.165, 1.54) is 10.9 Å². The molecule has 1 aliphatic rings. The first kappa shape index (κ1) is 17.9. The molecule has 0 atom stereocenters. The van der Waals surface area contributed by atoms with Crippen molar-refractivity contribution in [2.45, 2.75) is 13.1 Å². The van der Waals surface area contributed by atoms with Crippen molar-refractivity contribution < 1.29 is 9.53 Å². The van der Waals surface area contributed by atoms with E-state index >= 15 is 0 Å². The molecule has 0 unspecified atom stereocenters. The van der Waals surface area contributed by atoms with Crippen LogP contribution in [0.3, 0.4) is 0 Å². The molecule has 3 aromatic heterocycles. The summed E-state index contributed by atoms with van der Waals surface area (Å²) >= 11 is 0. The summed E-state index contributed by atoms with van der Waals surface area (Å²) in [7, 11) is 0. The monoisotopic (exact) mass is 389 g/mol. The van der Waals surface area contributed by atoms with Crippen molar-refractivity contribution >= 4 is 22.5 Å². The molecule has 0 bridgehead atoms. The lowest BCUT2D eigenvalue weighted by molar-refractivity contribution is 0.0298. The molecule has 2 N–H and O–H groups in total. The van der Waals surface area contributed by atoms with Gasteiger partial charge in [-0.05, 0) is 29.8 Å². The third-order valence-corrected chi connectivity index (χ3v) is 5.42. The molecule has 0 spiro atoms. The fraction of sp³-hybridized carbons (Fsp3) is 0.273. The smallest absolute Gasteiger partial charge is 0.274 e. The van der Waals surface area contributed by atoms with Crippen molar-refractivity contribution in [2.75, 3.05) is 26.3 Å². The van der Waals surface area contributed by atoms with Gasteiger partial charge in [0, 0.05) is 49.5 Å². The number of H-pyrrole nitrogens is 1. The summed E-state index contributed by atoms with van der Waals surface area (Å²) in [4.78, 5) is 22.8. The number of amides is 1. The molecule has 1 amide bonds. The number of hydrogen-bond donors (Lipinski definition) is 2. The Balaban J connectivity index is 1.41. The molecule has 7 nitrogen and oxygen atoms in total. The van der Waals surface area contributed by atoms with Crippen molar-refractivity contribution in [3.05, 3.63) is 71.8 Å². The van der Waals surface area contributed by atoms with Crippen LogP contribution >= 0.6 is 0 Å². The van der Waals surface area contributed by atoms with Crippen molar-refractivity contribution in [1.29, 1.82) is 0 Å². The van der Waals surface area contributed by atoms with E-state index in [0.29, 0.717) is 45.1 Å². The van der Waals surface area contributed by atoms with Crippen LogP contribution in [-0.2, 0) is 17.8 Å². The Morgan fingerprint density at radius 1 is 1.10 bits per heavy atom. The summed E-state index contributed by atoms with van der Waals surface area (Å²) in [5, 5.41) is 4.72. The highest BCUT2D eigenvalue weighted by Crippen LogP contribution is 2.19. The minimum atomic E-state index is -0.0264. The lowest BCUT2D eigenvalue weighted by Gasteiger charge is -2.26. The van der Waals surface area contributed by atoms with Crippen LogP contribution in [0.25, 0.3) is 16.6 Å². The fourth-order valence-corrected chi connectivity index (χ4v) is 3.92. The first-order valence-corrected chi connectivity index (χ1v) is 9.90. The van der Waals surface area contributed by atoms with Crippen molar-refractivity contribution in [3.63, 3.8) is 0 Å². The number of imidazole rings is 1. The second-order valence-electron chi connectivity index (χ2n) is 7.20. The SMILES string of the molecule is O=C(c1nc2ccccn2c1CNCc1cccc2[nH]ccc12)N1CCOCC1. The highest BCUT2D eigenvalue weighted by molar-refractivity contribution is 5.94. The van der Waals surface area contributed by atoms with Gasteiger partial charge in [-0.25, -0.2) is 4.98 Å². The van der Waals surface area contributed by atoms with Gasteiger partial charge in [-0.2, -0.15) is 0 Å². The third-order valence-electron chi connectivity index (χ3n) is 5.42. The molecule has 1 aliphatic heterocycles. The van der Waals surface area contributed by atoms with Gasteiger partial charge < -0.3 is 24.3 Å². The van der Waals surface area contributed by atoms with Crippen LogP contribution < -0.4 is 5.32 Å².